The van der Waals surface area contributed by atoms with Crippen LogP contribution in [0.25, 0.3) is 5.57 Å². The van der Waals surface area contributed by atoms with Crippen LogP contribution in [0.2, 0.25) is 0 Å². The number of rotatable bonds is 3. The van der Waals surface area contributed by atoms with Crippen LogP contribution >= 0.6 is 11.8 Å². The van der Waals surface area contributed by atoms with Crippen molar-refractivity contribution in [3.8, 4) is 6.07 Å². The zero-order valence-electron chi connectivity index (χ0n) is 14.8. The Kier molecular flexibility index (Phi) is 4.59. The van der Waals surface area contributed by atoms with E-state index in [1.54, 1.807) is 0 Å². The molecule has 1 aromatic rings. The summed E-state index contributed by atoms with van der Waals surface area (Å²) in [6.07, 6.45) is 12.1. The minimum absolute atomic E-state index is 0.143. The Hall–Kier alpha value is -2.84. The molecule has 3 aliphatic rings. The lowest BCUT2D eigenvalue weighted by molar-refractivity contribution is -0.141. The maximum atomic E-state index is 12.0. The van der Waals surface area contributed by atoms with Crippen LogP contribution < -0.4 is 0 Å². The standard InChI is InChI=1S/C22H18N2O2S/c1-26-20(25)19-13-27-21(24-19)22(14-23)17-11-7-3-6-10-16(17)12-18(22)15-8-4-2-5-9-15/h2-12,17,19H,13H2,1H3/t17?,19-,22?/m0/s1. The van der Waals surface area contributed by atoms with E-state index in [1.807, 2.05) is 54.6 Å². The average Bonchev–Trinajstić information content (AvgIpc) is 3.24. The number of nitriles is 1. The molecule has 0 saturated heterocycles. The van der Waals surface area contributed by atoms with Crippen molar-refractivity contribution in [1.82, 2.24) is 0 Å². The SMILES string of the molecule is COC(=O)[C@@H]1CSC(C2(C#N)C(c3ccccc3)=CC3=CC=CC=CC32)=N1. The lowest BCUT2D eigenvalue weighted by Gasteiger charge is -2.30. The summed E-state index contributed by atoms with van der Waals surface area (Å²) >= 11 is 1.48. The highest BCUT2D eigenvalue weighted by atomic mass is 32.2. The number of carbonyl (C=O) groups is 1. The number of fused-ring (bicyclic) bond motifs is 1. The van der Waals surface area contributed by atoms with Gasteiger partial charge in [0, 0.05) is 11.7 Å². The van der Waals surface area contributed by atoms with E-state index in [1.165, 1.54) is 18.9 Å². The van der Waals surface area contributed by atoms with Crippen LogP contribution in [0, 0.1) is 22.7 Å². The van der Waals surface area contributed by atoms with Gasteiger partial charge in [0.05, 0.1) is 18.2 Å². The van der Waals surface area contributed by atoms with Gasteiger partial charge in [-0.3, -0.25) is 4.99 Å². The third-order valence-electron chi connectivity index (χ3n) is 5.10. The van der Waals surface area contributed by atoms with Crippen LogP contribution in [-0.2, 0) is 9.53 Å². The smallest absolute Gasteiger partial charge is 0.331 e. The molecule has 0 bridgehead atoms. The molecule has 4 nitrogen and oxygen atoms in total. The number of carbonyl (C=O) groups excluding carboxylic acids is 1. The number of nitrogens with zero attached hydrogens (tertiary/aromatic N) is 2. The number of benzene rings is 1. The van der Waals surface area contributed by atoms with Gasteiger partial charge in [-0.15, -0.1) is 11.8 Å². The second-order valence-corrected chi connectivity index (χ2v) is 7.55. The Morgan fingerprint density at radius 2 is 2.11 bits per heavy atom. The van der Waals surface area contributed by atoms with Crippen molar-refractivity contribution in [2.45, 2.75) is 6.04 Å². The molecule has 0 radical (unpaired) electrons. The van der Waals surface area contributed by atoms with Crippen molar-refractivity contribution >= 4 is 28.3 Å². The first-order valence-corrected chi connectivity index (χ1v) is 9.72. The molecular weight excluding hydrogens is 356 g/mol. The highest BCUT2D eigenvalue weighted by Gasteiger charge is 2.53. The van der Waals surface area contributed by atoms with Crippen LogP contribution in [-0.4, -0.2) is 29.9 Å². The molecule has 0 saturated carbocycles. The molecule has 1 aliphatic heterocycles. The number of hydrogen-bond donors (Lipinski definition) is 0. The van der Waals surface area contributed by atoms with Gasteiger partial charge in [-0.05, 0) is 16.7 Å². The molecule has 0 N–H and O–H groups in total. The molecule has 3 atom stereocenters. The fourth-order valence-corrected chi connectivity index (χ4v) is 5.04. The highest BCUT2D eigenvalue weighted by molar-refractivity contribution is 8.14. The third kappa shape index (κ3) is 2.77. The molecule has 5 heteroatoms. The topological polar surface area (TPSA) is 62.5 Å². The molecule has 0 aromatic heterocycles. The van der Waals surface area contributed by atoms with E-state index in [-0.39, 0.29) is 11.9 Å². The van der Waals surface area contributed by atoms with Crippen LogP contribution in [0.4, 0.5) is 0 Å². The fourth-order valence-electron chi connectivity index (χ4n) is 3.80. The predicted molar refractivity (Wildman–Crippen MR) is 108 cm³/mol. The number of allylic oxidation sites excluding steroid dienone is 8. The summed E-state index contributed by atoms with van der Waals surface area (Å²) in [6.45, 7) is 0. The number of ether oxygens (including phenoxy) is 1. The predicted octanol–water partition coefficient (Wildman–Crippen LogP) is 3.95. The molecule has 27 heavy (non-hydrogen) atoms. The van der Waals surface area contributed by atoms with Crippen molar-refractivity contribution in [3.05, 3.63) is 77.9 Å². The van der Waals surface area contributed by atoms with Gasteiger partial charge in [-0.2, -0.15) is 5.26 Å². The molecule has 2 unspecified atom stereocenters. The van der Waals surface area contributed by atoms with Gasteiger partial charge in [-0.25, -0.2) is 4.79 Å². The number of esters is 1. The van der Waals surface area contributed by atoms with Gasteiger partial charge >= 0.3 is 5.97 Å². The maximum Gasteiger partial charge on any atom is 0.331 e. The van der Waals surface area contributed by atoms with Gasteiger partial charge in [0.2, 0.25) is 0 Å². The van der Waals surface area contributed by atoms with Gasteiger partial charge in [0.15, 0.2) is 6.04 Å². The van der Waals surface area contributed by atoms with Gasteiger partial charge < -0.3 is 4.74 Å². The second-order valence-electron chi connectivity index (χ2n) is 6.54. The van der Waals surface area contributed by atoms with Crippen LogP contribution in [0.5, 0.6) is 0 Å². The fraction of sp³-hybridized carbons (Fsp3) is 0.227. The van der Waals surface area contributed by atoms with E-state index in [2.05, 4.69) is 23.2 Å². The van der Waals surface area contributed by atoms with E-state index in [0.29, 0.717) is 10.8 Å². The number of thioether (sulfide) groups is 1. The minimum atomic E-state index is -0.941. The first kappa shape index (κ1) is 17.6. The van der Waals surface area contributed by atoms with E-state index >= 15 is 0 Å². The Labute approximate surface area is 162 Å². The summed E-state index contributed by atoms with van der Waals surface area (Å²) in [5.41, 5.74) is 2.06. The Morgan fingerprint density at radius 1 is 1.30 bits per heavy atom. The van der Waals surface area contributed by atoms with E-state index < -0.39 is 11.5 Å². The normalized spacial score (nSPS) is 28.5. The van der Waals surface area contributed by atoms with Crippen molar-refractivity contribution in [3.63, 3.8) is 0 Å². The van der Waals surface area contributed by atoms with Crippen LogP contribution in [0.1, 0.15) is 5.56 Å². The molecule has 0 amide bonds. The van der Waals surface area contributed by atoms with Crippen molar-refractivity contribution in [1.29, 1.82) is 5.26 Å². The lowest BCUT2D eigenvalue weighted by atomic mass is 9.72. The zero-order valence-corrected chi connectivity index (χ0v) is 15.6. The quantitative estimate of drug-likeness (QED) is 0.752. The van der Waals surface area contributed by atoms with Crippen LogP contribution in [0.3, 0.4) is 0 Å². The monoisotopic (exact) mass is 374 g/mol. The highest BCUT2D eigenvalue weighted by Crippen LogP contribution is 2.55. The molecular formula is C22H18N2O2S. The second kappa shape index (κ2) is 7.05. The van der Waals surface area contributed by atoms with E-state index in [4.69, 9.17) is 4.74 Å². The Balaban J connectivity index is 1.89. The molecule has 4 rings (SSSR count). The third-order valence-corrected chi connectivity index (χ3v) is 6.28. The van der Waals surface area contributed by atoms with Gasteiger partial charge in [0.25, 0.3) is 0 Å². The Morgan fingerprint density at radius 3 is 2.85 bits per heavy atom. The molecule has 0 fully saturated rings. The van der Waals surface area contributed by atoms with Gasteiger partial charge in [-0.1, -0.05) is 66.8 Å². The lowest BCUT2D eigenvalue weighted by Crippen LogP contribution is -2.33. The van der Waals surface area contributed by atoms with E-state index in [9.17, 15) is 10.1 Å². The summed E-state index contributed by atoms with van der Waals surface area (Å²) in [4.78, 5) is 16.6. The number of aliphatic imine (C=N–C) groups is 1. The summed E-state index contributed by atoms with van der Waals surface area (Å²) in [5.74, 6) is -0.000604. The first-order valence-electron chi connectivity index (χ1n) is 8.73. The van der Waals surface area contributed by atoms with Crippen molar-refractivity contribution in [2.24, 2.45) is 16.3 Å². The van der Waals surface area contributed by atoms with Crippen LogP contribution in [0.15, 0.2) is 77.4 Å². The zero-order chi connectivity index (χ0) is 18.9. The first-order chi connectivity index (χ1) is 13.2. The van der Waals surface area contributed by atoms with Crippen molar-refractivity contribution in [2.75, 3.05) is 12.9 Å². The van der Waals surface area contributed by atoms with E-state index in [0.717, 1.165) is 16.7 Å². The summed E-state index contributed by atoms with van der Waals surface area (Å²) in [7, 11) is 1.37. The molecule has 134 valence electrons. The number of hydrogen-bond acceptors (Lipinski definition) is 5. The maximum absolute atomic E-state index is 12.0. The minimum Gasteiger partial charge on any atom is -0.467 e. The largest absolute Gasteiger partial charge is 0.467 e. The summed E-state index contributed by atoms with van der Waals surface area (Å²) < 4.78 is 4.86. The molecule has 1 heterocycles. The Bertz CT molecular complexity index is 966. The van der Waals surface area contributed by atoms with Crippen molar-refractivity contribution < 1.29 is 9.53 Å². The van der Waals surface area contributed by atoms with Gasteiger partial charge in [0.1, 0.15) is 5.41 Å². The summed E-state index contributed by atoms with van der Waals surface area (Å²) in [5, 5.41) is 11.1. The molecule has 0 spiro atoms. The number of methoxy groups -OCH3 is 1. The molecule has 2 aliphatic carbocycles. The summed E-state index contributed by atoms with van der Waals surface area (Å²) in [6, 6.07) is 12.0. The average molecular weight is 374 g/mol. The molecule has 1 aromatic carbocycles.